The van der Waals surface area contributed by atoms with Crippen molar-refractivity contribution in [3.8, 4) is 6.07 Å². The maximum atomic E-state index is 12.0. The number of nitriles is 1. The Morgan fingerprint density at radius 3 is 2.31 bits per heavy atom. The fourth-order valence-electron chi connectivity index (χ4n) is 1.68. The summed E-state index contributed by atoms with van der Waals surface area (Å²) in [5.41, 5.74) is 0. The summed E-state index contributed by atoms with van der Waals surface area (Å²) in [6.45, 7) is 8.83. The molecule has 1 amide bonds. The van der Waals surface area contributed by atoms with E-state index in [0.29, 0.717) is 6.42 Å². The molecule has 0 radical (unpaired) electrons. The Morgan fingerprint density at radius 1 is 1.31 bits per heavy atom. The second-order valence-corrected chi connectivity index (χ2v) is 4.42. The molecule has 0 aromatic carbocycles. The minimum absolute atomic E-state index is 0.00361. The molecule has 0 aliphatic rings. The number of hydrogen-bond donors (Lipinski definition) is 0. The molecule has 0 saturated heterocycles. The smallest absolute Gasteiger partial charge is 0.240 e. The molecule has 0 spiro atoms. The van der Waals surface area contributed by atoms with E-state index >= 15 is 0 Å². The van der Waals surface area contributed by atoms with E-state index in [-0.39, 0.29) is 11.9 Å². The van der Waals surface area contributed by atoms with Crippen molar-refractivity contribution in [2.45, 2.75) is 59.4 Å². The minimum Gasteiger partial charge on any atom is -0.339 e. The first-order valence-corrected chi connectivity index (χ1v) is 6.28. The monoisotopic (exact) mass is 224 g/mol. The standard InChI is InChI=1S/C13H24N2O/c1-5-7-8-9-15(11(3)4)13(16)12(6-2)10-14/h11-12H,5-9H2,1-4H3. The van der Waals surface area contributed by atoms with E-state index in [4.69, 9.17) is 5.26 Å². The largest absolute Gasteiger partial charge is 0.339 e. The number of rotatable bonds is 7. The van der Waals surface area contributed by atoms with Crippen LogP contribution in [0.3, 0.4) is 0 Å². The van der Waals surface area contributed by atoms with Crippen molar-refractivity contribution in [2.75, 3.05) is 6.54 Å². The summed E-state index contributed by atoms with van der Waals surface area (Å²) < 4.78 is 0. The molecule has 1 atom stereocenters. The van der Waals surface area contributed by atoms with Crippen LogP contribution in [0.1, 0.15) is 53.4 Å². The van der Waals surface area contributed by atoms with E-state index in [1.807, 2.05) is 25.7 Å². The van der Waals surface area contributed by atoms with Crippen LogP contribution < -0.4 is 0 Å². The quantitative estimate of drug-likeness (QED) is 0.624. The van der Waals surface area contributed by atoms with E-state index in [1.54, 1.807) is 0 Å². The molecule has 3 heteroatoms. The summed E-state index contributed by atoms with van der Waals surface area (Å²) in [5.74, 6) is -0.472. The van der Waals surface area contributed by atoms with Gasteiger partial charge in [0, 0.05) is 12.6 Å². The third-order valence-electron chi connectivity index (χ3n) is 2.77. The zero-order valence-electron chi connectivity index (χ0n) is 11.0. The highest BCUT2D eigenvalue weighted by Gasteiger charge is 2.23. The van der Waals surface area contributed by atoms with Crippen LogP contribution in [0.4, 0.5) is 0 Å². The molecule has 0 aliphatic heterocycles. The van der Waals surface area contributed by atoms with E-state index < -0.39 is 5.92 Å². The summed E-state index contributed by atoms with van der Waals surface area (Å²) in [7, 11) is 0. The molecular formula is C13H24N2O. The van der Waals surface area contributed by atoms with Gasteiger partial charge in [0.2, 0.25) is 5.91 Å². The topological polar surface area (TPSA) is 44.1 Å². The van der Waals surface area contributed by atoms with Crippen LogP contribution in [0.2, 0.25) is 0 Å². The van der Waals surface area contributed by atoms with Gasteiger partial charge in [-0.3, -0.25) is 4.79 Å². The second-order valence-electron chi connectivity index (χ2n) is 4.42. The predicted octanol–water partition coefficient (Wildman–Crippen LogP) is 2.96. The van der Waals surface area contributed by atoms with E-state index in [2.05, 4.69) is 13.0 Å². The molecular weight excluding hydrogens is 200 g/mol. The van der Waals surface area contributed by atoms with Crippen molar-refractivity contribution in [1.29, 1.82) is 5.26 Å². The Bertz CT molecular complexity index is 243. The number of carbonyl (C=O) groups is 1. The number of amides is 1. The highest BCUT2D eigenvalue weighted by molar-refractivity contribution is 5.81. The van der Waals surface area contributed by atoms with Gasteiger partial charge in [-0.2, -0.15) is 5.26 Å². The molecule has 0 N–H and O–H groups in total. The highest BCUT2D eigenvalue weighted by Crippen LogP contribution is 2.11. The normalized spacial score (nSPS) is 12.2. The van der Waals surface area contributed by atoms with Crippen LogP contribution in [0.15, 0.2) is 0 Å². The zero-order valence-corrected chi connectivity index (χ0v) is 11.0. The predicted molar refractivity (Wildman–Crippen MR) is 65.8 cm³/mol. The third kappa shape index (κ3) is 4.65. The van der Waals surface area contributed by atoms with Gasteiger partial charge in [-0.1, -0.05) is 26.7 Å². The molecule has 0 rings (SSSR count). The summed E-state index contributed by atoms with van der Waals surface area (Å²) in [4.78, 5) is 13.9. The van der Waals surface area contributed by atoms with E-state index in [1.165, 1.54) is 0 Å². The van der Waals surface area contributed by atoms with Crippen molar-refractivity contribution in [1.82, 2.24) is 4.90 Å². The Morgan fingerprint density at radius 2 is 1.94 bits per heavy atom. The van der Waals surface area contributed by atoms with Gasteiger partial charge in [0.05, 0.1) is 6.07 Å². The molecule has 0 aromatic heterocycles. The van der Waals surface area contributed by atoms with E-state index in [0.717, 1.165) is 25.8 Å². The van der Waals surface area contributed by atoms with Gasteiger partial charge in [0.15, 0.2) is 0 Å². The number of nitrogens with zero attached hydrogens (tertiary/aromatic N) is 2. The molecule has 92 valence electrons. The fourth-order valence-corrected chi connectivity index (χ4v) is 1.68. The third-order valence-corrected chi connectivity index (χ3v) is 2.77. The highest BCUT2D eigenvalue weighted by atomic mass is 16.2. The van der Waals surface area contributed by atoms with Gasteiger partial charge in [0.25, 0.3) is 0 Å². The second kappa shape index (κ2) is 8.15. The van der Waals surface area contributed by atoms with Crippen molar-refractivity contribution < 1.29 is 4.79 Å². The van der Waals surface area contributed by atoms with Gasteiger partial charge >= 0.3 is 0 Å². The Hall–Kier alpha value is -1.04. The van der Waals surface area contributed by atoms with Crippen molar-refractivity contribution in [3.63, 3.8) is 0 Å². The average molecular weight is 224 g/mol. The summed E-state index contributed by atoms with van der Waals surface area (Å²) >= 11 is 0. The van der Waals surface area contributed by atoms with Crippen LogP contribution in [-0.4, -0.2) is 23.4 Å². The van der Waals surface area contributed by atoms with Crippen LogP contribution in [0.25, 0.3) is 0 Å². The van der Waals surface area contributed by atoms with Crippen LogP contribution >= 0.6 is 0 Å². The van der Waals surface area contributed by atoms with Crippen molar-refractivity contribution in [2.24, 2.45) is 5.92 Å². The number of carbonyl (C=O) groups excluding carboxylic acids is 1. The van der Waals surface area contributed by atoms with Crippen LogP contribution in [-0.2, 0) is 4.79 Å². The molecule has 0 heterocycles. The molecule has 0 saturated carbocycles. The molecule has 0 aromatic rings. The zero-order chi connectivity index (χ0) is 12.6. The average Bonchev–Trinajstić information content (AvgIpc) is 2.25. The summed E-state index contributed by atoms with van der Waals surface area (Å²) in [6.07, 6.45) is 3.92. The van der Waals surface area contributed by atoms with Gasteiger partial charge < -0.3 is 4.90 Å². The molecule has 16 heavy (non-hydrogen) atoms. The molecule has 0 fully saturated rings. The lowest BCUT2D eigenvalue weighted by molar-refractivity contribution is -0.135. The fraction of sp³-hybridized carbons (Fsp3) is 0.846. The summed E-state index contributed by atoms with van der Waals surface area (Å²) in [5, 5.41) is 8.90. The Labute approximate surface area is 99.4 Å². The first kappa shape index (κ1) is 15.0. The maximum absolute atomic E-state index is 12.0. The molecule has 1 unspecified atom stereocenters. The minimum atomic E-state index is -0.468. The number of hydrogen-bond acceptors (Lipinski definition) is 2. The Kier molecular flexibility index (Phi) is 7.62. The van der Waals surface area contributed by atoms with Crippen molar-refractivity contribution >= 4 is 5.91 Å². The van der Waals surface area contributed by atoms with Gasteiger partial charge in [-0.15, -0.1) is 0 Å². The first-order valence-electron chi connectivity index (χ1n) is 6.28. The lowest BCUT2D eigenvalue weighted by Crippen LogP contribution is -2.41. The molecule has 3 nitrogen and oxygen atoms in total. The van der Waals surface area contributed by atoms with Gasteiger partial charge in [-0.05, 0) is 26.7 Å². The van der Waals surface area contributed by atoms with E-state index in [9.17, 15) is 4.79 Å². The first-order chi connectivity index (χ1) is 7.58. The number of unbranched alkanes of at least 4 members (excludes halogenated alkanes) is 2. The van der Waals surface area contributed by atoms with Gasteiger partial charge in [0.1, 0.15) is 5.92 Å². The van der Waals surface area contributed by atoms with Gasteiger partial charge in [-0.25, -0.2) is 0 Å². The lowest BCUT2D eigenvalue weighted by atomic mass is 10.1. The van der Waals surface area contributed by atoms with Crippen LogP contribution in [0.5, 0.6) is 0 Å². The maximum Gasteiger partial charge on any atom is 0.240 e. The van der Waals surface area contributed by atoms with Crippen molar-refractivity contribution in [3.05, 3.63) is 0 Å². The summed E-state index contributed by atoms with van der Waals surface area (Å²) in [6, 6.07) is 2.27. The molecule has 0 aliphatic carbocycles. The SMILES string of the molecule is CCCCCN(C(=O)C(C#N)CC)C(C)C. The molecule has 0 bridgehead atoms. The Balaban J connectivity index is 4.41. The lowest BCUT2D eigenvalue weighted by Gasteiger charge is -2.28. The van der Waals surface area contributed by atoms with Crippen LogP contribution in [0, 0.1) is 17.2 Å².